The standard InChI is InChI=1S/C20H18N4O2S/c1-2-15-9-11-18(12-10-15)27(25,26)23-17-7-5-6-16(14-17)20-22-21-19-8-3-4-13-24(19)20/h3-14,23H,2H2,1H3. The van der Waals surface area contributed by atoms with E-state index < -0.39 is 10.0 Å². The van der Waals surface area contributed by atoms with Crippen LogP contribution in [0.25, 0.3) is 17.0 Å². The van der Waals surface area contributed by atoms with Gasteiger partial charge in [0.1, 0.15) is 0 Å². The number of rotatable bonds is 5. The number of hydrogen-bond acceptors (Lipinski definition) is 4. The predicted octanol–water partition coefficient (Wildman–Crippen LogP) is 3.76. The highest BCUT2D eigenvalue weighted by Gasteiger charge is 2.15. The third-order valence-electron chi connectivity index (χ3n) is 4.33. The number of nitrogens with one attached hydrogen (secondary N) is 1. The molecule has 27 heavy (non-hydrogen) atoms. The first-order valence-electron chi connectivity index (χ1n) is 8.59. The Morgan fingerprint density at radius 3 is 2.56 bits per heavy atom. The van der Waals surface area contributed by atoms with Crippen molar-refractivity contribution in [3.8, 4) is 11.4 Å². The van der Waals surface area contributed by atoms with Gasteiger partial charge in [0.25, 0.3) is 10.0 Å². The van der Waals surface area contributed by atoms with Crippen molar-refractivity contribution in [1.82, 2.24) is 14.6 Å². The minimum atomic E-state index is -3.66. The summed E-state index contributed by atoms with van der Waals surface area (Å²) in [5.74, 6) is 0.652. The Morgan fingerprint density at radius 2 is 1.78 bits per heavy atom. The summed E-state index contributed by atoms with van der Waals surface area (Å²) in [6.45, 7) is 2.03. The molecule has 0 bridgehead atoms. The molecule has 0 radical (unpaired) electrons. The van der Waals surface area contributed by atoms with Gasteiger partial charge in [-0.15, -0.1) is 10.2 Å². The molecule has 0 saturated heterocycles. The third kappa shape index (κ3) is 3.41. The second-order valence-corrected chi connectivity index (χ2v) is 7.82. The molecular formula is C20H18N4O2S. The fourth-order valence-electron chi connectivity index (χ4n) is 2.88. The van der Waals surface area contributed by atoms with E-state index in [-0.39, 0.29) is 4.90 Å². The highest BCUT2D eigenvalue weighted by Crippen LogP contribution is 2.24. The number of nitrogens with zero attached hydrogens (tertiary/aromatic N) is 3. The lowest BCUT2D eigenvalue weighted by Gasteiger charge is -2.10. The Balaban J connectivity index is 1.66. The molecule has 0 atom stereocenters. The van der Waals surface area contributed by atoms with Crippen LogP contribution in [0.5, 0.6) is 0 Å². The Bertz CT molecular complexity index is 1200. The minimum absolute atomic E-state index is 0.234. The first-order chi connectivity index (χ1) is 13.1. The summed E-state index contributed by atoms with van der Waals surface area (Å²) in [4.78, 5) is 0.234. The average Bonchev–Trinajstić information content (AvgIpc) is 3.12. The van der Waals surface area contributed by atoms with Crippen molar-refractivity contribution in [3.63, 3.8) is 0 Å². The van der Waals surface area contributed by atoms with Gasteiger partial charge in [-0.2, -0.15) is 0 Å². The molecule has 136 valence electrons. The zero-order valence-electron chi connectivity index (χ0n) is 14.7. The van der Waals surface area contributed by atoms with Crippen molar-refractivity contribution in [3.05, 3.63) is 78.5 Å². The Kier molecular flexibility index (Phi) is 4.37. The van der Waals surface area contributed by atoms with Gasteiger partial charge in [-0.3, -0.25) is 9.12 Å². The number of sulfonamides is 1. The summed E-state index contributed by atoms with van der Waals surface area (Å²) in [7, 11) is -3.66. The Labute approximate surface area is 157 Å². The van der Waals surface area contributed by atoms with E-state index in [9.17, 15) is 8.42 Å². The van der Waals surface area contributed by atoms with E-state index in [1.165, 1.54) is 0 Å². The Morgan fingerprint density at radius 1 is 0.963 bits per heavy atom. The van der Waals surface area contributed by atoms with E-state index in [2.05, 4.69) is 14.9 Å². The maximum Gasteiger partial charge on any atom is 0.261 e. The molecule has 4 rings (SSSR count). The number of aryl methyl sites for hydroxylation is 1. The number of fused-ring (bicyclic) bond motifs is 1. The summed E-state index contributed by atoms with van der Waals surface area (Å²) >= 11 is 0. The van der Waals surface area contributed by atoms with E-state index in [1.807, 2.05) is 53.9 Å². The molecule has 0 aliphatic heterocycles. The second kappa shape index (κ2) is 6.85. The van der Waals surface area contributed by atoms with Crippen molar-refractivity contribution >= 4 is 21.4 Å². The van der Waals surface area contributed by atoms with Crippen LogP contribution in [0.1, 0.15) is 12.5 Å². The number of anilines is 1. The quantitative estimate of drug-likeness (QED) is 0.574. The van der Waals surface area contributed by atoms with Crippen LogP contribution in [-0.4, -0.2) is 23.0 Å². The third-order valence-corrected chi connectivity index (χ3v) is 5.73. The number of pyridine rings is 1. The normalized spacial score (nSPS) is 11.6. The number of hydrogen-bond donors (Lipinski definition) is 1. The molecule has 2 heterocycles. The van der Waals surface area contributed by atoms with Gasteiger partial charge in [0.05, 0.1) is 4.90 Å². The average molecular weight is 378 g/mol. The molecule has 0 amide bonds. The van der Waals surface area contributed by atoms with Crippen LogP contribution in [0, 0.1) is 0 Å². The molecule has 6 nitrogen and oxygen atoms in total. The zero-order chi connectivity index (χ0) is 18.9. The zero-order valence-corrected chi connectivity index (χ0v) is 15.5. The summed E-state index contributed by atoms with van der Waals surface area (Å²) in [5.41, 5.74) is 3.07. The molecule has 7 heteroatoms. The van der Waals surface area contributed by atoms with Crippen LogP contribution in [0.15, 0.2) is 77.8 Å². The second-order valence-electron chi connectivity index (χ2n) is 6.14. The van der Waals surface area contributed by atoms with Crippen molar-refractivity contribution in [1.29, 1.82) is 0 Å². The van der Waals surface area contributed by atoms with Crippen LogP contribution in [0.4, 0.5) is 5.69 Å². The SMILES string of the molecule is CCc1ccc(S(=O)(=O)Nc2cccc(-c3nnc4ccccn34)c2)cc1. The van der Waals surface area contributed by atoms with E-state index >= 15 is 0 Å². The van der Waals surface area contributed by atoms with Crippen LogP contribution in [-0.2, 0) is 16.4 Å². The first kappa shape index (κ1) is 17.2. The molecule has 0 fully saturated rings. The van der Waals surface area contributed by atoms with E-state index in [4.69, 9.17) is 0 Å². The minimum Gasteiger partial charge on any atom is -0.282 e. The highest BCUT2D eigenvalue weighted by molar-refractivity contribution is 7.92. The lowest BCUT2D eigenvalue weighted by atomic mass is 10.2. The summed E-state index contributed by atoms with van der Waals surface area (Å²) in [5, 5.41) is 8.35. The predicted molar refractivity (Wildman–Crippen MR) is 105 cm³/mol. The van der Waals surface area contributed by atoms with Gasteiger partial charge in [0.15, 0.2) is 11.5 Å². The molecule has 0 unspecified atom stereocenters. The van der Waals surface area contributed by atoms with Gasteiger partial charge in [-0.25, -0.2) is 8.42 Å². The first-order valence-corrected chi connectivity index (χ1v) is 10.1. The monoisotopic (exact) mass is 378 g/mol. The lowest BCUT2D eigenvalue weighted by molar-refractivity contribution is 0.601. The maximum absolute atomic E-state index is 12.7. The summed E-state index contributed by atoms with van der Waals surface area (Å²) in [6, 6.07) is 19.7. The van der Waals surface area contributed by atoms with E-state index in [1.54, 1.807) is 30.3 Å². The smallest absolute Gasteiger partial charge is 0.261 e. The van der Waals surface area contributed by atoms with Gasteiger partial charge in [0, 0.05) is 17.4 Å². The van der Waals surface area contributed by atoms with Crippen LogP contribution < -0.4 is 4.72 Å². The van der Waals surface area contributed by atoms with Gasteiger partial charge < -0.3 is 0 Å². The molecule has 1 N–H and O–H groups in total. The van der Waals surface area contributed by atoms with Crippen LogP contribution in [0.3, 0.4) is 0 Å². The fourth-order valence-corrected chi connectivity index (χ4v) is 3.93. The topological polar surface area (TPSA) is 76.4 Å². The molecule has 2 aromatic carbocycles. The summed E-state index contributed by atoms with van der Waals surface area (Å²) < 4.78 is 29.8. The largest absolute Gasteiger partial charge is 0.282 e. The molecule has 0 spiro atoms. The van der Waals surface area contributed by atoms with E-state index in [0.717, 1.165) is 23.2 Å². The summed E-state index contributed by atoms with van der Waals surface area (Å²) in [6.07, 6.45) is 2.74. The van der Waals surface area contributed by atoms with Gasteiger partial charge in [-0.05, 0) is 48.4 Å². The van der Waals surface area contributed by atoms with Crippen LogP contribution in [0.2, 0.25) is 0 Å². The number of benzene rings is 2. The Hall–Kier alpha value is -3.19. The number of aromatic nitrogens is 3. The molecule has 0 aliphatic rings. The van der Waals surface area contributed by atoms with E-state index in [0.29, 0.717) is 11.5 Å². The molecular weight excluding hydrogens is 360 g/mol. The van der Waals surface area contributed by atoms with Gasteiger partial charge >= 0.3 is 0 Å². The van der Waals surface area contributed by atoms with Crippen molar-refractivity contribution in [2.24, 2.45) is 0 Å². The molecule has 4 aromatic rings. The van der Waals surface area contributed by atoms with Crippen molar-refractivity contribution in [2.45, 2.75) is 18.2 Å². The molecule has 0 aliphatic carbocycles. The van der Waals surface area contributed by atoms with Crippen molar-refractivity contribution < 1.29 is 8.42 Å². The highest BCUT2D eigenvalue weighted by atomic mass is 32.2. The van der Waals surface area contributed by atoms with Crippen molar-refractivity contribution in [2.75, 3.05) is 4.72 Å². The molecule has 0 saturated carbocycles. The molecule has 2 aromatic heterocycles. The fraction of sp³-hybridized carbons (Fsp3) is 0.100. The maximum atomic E-state index is 12.7. The van der Waals surface area contributed by atoms with Crippen LogP contribution >= 0.6 is 0 Å². The van der Waals surface area contributed by atoms with Gasteiger partial charge in [-0.1, -0.05) is 37.3 Å². The lowest BCUT2D eigenvalue weighted by Crippen LogP contribution is -2.13. The van der Waals surface area contributed by atoms with Gasteiger partial charge in [0.2, 0.25) is 0 Å².